The smallest absolute Gasteiger partial charge is 0.243 e. The van der Waals surface area contributed by atoms with Gasteiger partial charge in [-0.05, 0) is 37.5 Å². The van der Waals surface area contributed by atoms with Crippen molar-refractivity contribution in [2.24, 2.45) is 7.05 Å². The van der Waals surface area contributed by atoms with Crippen molar-refractivity contribution in [3.63, 3.8) is 0 Å². The molecule has 1 aromatic carbocycles. The molecule has 1 amide bonds. The Morgan fingerprint density at radius 1 is 1.36 bits per heavy atom. The average molecular weight is 341 g/mol. The fourth-order valence-electron chi connectivity index (χ4n) is 3.53. The van der Waals surface area contributed by atoms with Crippen molar-refractivity contribution in [2.75, 3.05) is 11.9 Å². The van der Waals surface area contributed by atoms with E-state index >= 15 is 0 Å². The third-order valence-electron chi connectivity index (χ3n) is 5.09. The highest BCUT2D eigenvalue weighted by Crippen LogP contribution is 2.31. The number of hydrogen-bond acceptors (Lipinski definition) is 5. The number of amides is 1. The Kier molecular flexibility index (Phi) is 3.97. The van der Waals surface area contributed by atoms with Gasteiger partial charge < -0.3 is 10.1 Å². The number of nitrogens with zero attached hydrogens (tertiary/aromatic N) is 2. The van der Waals surface area contributed by atoms with Crippen LogP contribution in [0.15, 0.2) is 18.2 Å². The van der Waals surface area contributed by atoms with Crippen molar-refractivity contribution in [1.82, 2.24) is 20.6 Å². The maximum Gasteiger partial charge on any atom is 0.243 e. The van der Waals surface area contributed by atoms with E-state index in [1.165, 1.54) is 11.1 Å². The molecule has 7 heteroatoms. The standard InChI is InChI=1S/C18H23N5O2/c1-10-17(11(2)23(3)22-10)19-18(24)15-9-14(20-21-15)12-4-5-16-13(8-12)6-7-25-16/h4-5,8,14-15,20-21H,6-7,9H2,1-3H3,(H,19,24). The lowest BCUT2D eigenvalue weighted by molar-refractivity contribution is -0.117. The maximum atomic E-state index is 12.6. The number of hydrogen-bond donors (Lipinski definition) is 3. The fraction of sp³-hybridized carbons (Fsp3) is 0.444. The Hall–Kier alpha value is -2.38. The van der Waals surface area contributed by atoms with Crippen molar-refractivity contribution >= 4 is 11.6 Å². The minimum Gasteiger partial charge on any atom is -0.493 e. The number of carbonyl (C=O) groups excluding carboxylic acids is 1. The van der Waals surface area contributed by atoms with Gasteiger partial charge in [0.25, 0.3) is 0 Å². The topological polar surface area (TPSA) is 80.2 Å². The number of ether oxygens (including phenoxy) is 1. The molecule has 132 valence electrons. The van der Waals surface area contributed by atoms with Crippen LogP contribution in [0.2, 0.25) is 0 Å². The van der Waals surface area contributed by atoms with Crippen molar-refractivity contribution in [3.05, 3.63) is 40.7 Å². The molecule has 7 nitrogen and oxygen atoms in total. The summed E-state index contributed by atoms with van der Waals surface area (Å²) in [7, 11) is 1.88. The predicted octanol–water partition coefficient (Wildman–Crippen LogP) is 1.52. The number of aryl methyl sites for hydroxylation is 2. The van der Waals surface area contributed by atoms with Gasteiger partial charge in [-0.25, -0.2) is 10.9 Å². The third kappa shape index (κ3) is 2.89. The highest BCUT2D eigenvalue weighted by Gasteiger charge is 2.31. The fourth-order valence-corrected chi connectivity index (χ4v) is 3.53. The number of carbonyl (C=O) groups is 1. The molecule has 2 aliphatic rings. The van der Waals surface area contributed by atoms with Crippen LogP contribution in [0.25, 0.3) is 0 Å². The molecular formula is C18H23N5O2. The minimum absolute atomic E-state index is 0.0429. The molecular weight excluding hydrogens is 318 g/mol. The number of aromatic nitrogens is 2. The summed E-state index contributed by atoms with van der Waals surface area (Å²) in [5.74, 6) is 0.935. The summed E-state index contributed by atoms with van der Waals surface area (Å²) in [5.41, 5.74) is 11.4. The van der Waals surface area contributed by atoms with Crippen molar-refractivity contribution in [1.29, 1.82) is 0 Å². The van der Waals surface area contributed by atoms with Crippen molar-refractivity contribution in [3.8, 4) is 5.75 Å². The molecule has 2 aliphatic heterocycles. The first-order valence-corrected chi connectivity index (χ1v) is 8.60. The second-order valence-corrected chi connectivity index (χ2v) is 6.75. The summed E-state index contributed by atoms with van der Waals surface area (Å²) in [5, 5.41) is 7.35. The lowest BCUT2D eigenvalue weighted by Crippen LogP contribution is -2.39. The number of benzene rings is 1. The van der Waals surface area contributed by atoms with E-state index in [1.54, 1.807) is 4.68 Å². The molecule has 3 heterocycles. The monoisotopic (exact) mass is 341 g/mol. The summed E-state index contributed by atoms with van der Waals surface area (Å²) in [6, 6.07) is 6.09. The molecule has 4 rings (SSSR count). The largest absolute Gasteiger partial charge is 0.493 e. The molecule has 3 N–H and O–H groups in total. The molecule has 0 saturated carbocycles. The van der Waals surface area contributed by atoms with Crippen LogP contribution in [-0.4, -0.2) is 28.3 Å². The first-order valence-electron chi connectivity index (χ1n) is 8.60. The molecule has 1 aromatic heterocycles. The van der Waals surface area contributed by atoms with Gasteiger partial charge in [0.15, 0.2) is 0 Å². The van der Waals surface area contributed by atoms with Crippen LogP contribution < -0.4 is 20.9 Å². The SMILES string of the molecule is Cc1nn(C)c(C)c1NC(=O)C1CC(c2ccc3c(c2)CCO3)NN1. The van der Waals surface area contributed by atoms with Crippen molar-refractivity contribution < 1.29 is 9.53 Å². The molecule has 2 unspecified atom stereocenters. The molecule has 0 spiro atoms. The molecule has 0 radical (unpaired) electrons. The highest BCUT2D eigenvalue weighted by atomic mass is 16.5. The zero-order valence-corrected chi connectivity index (χ0v) is 14.7. The second kappa shape index (κ2) is 6.16. The average Bonchev–Trinajstić information content (AvgIpc) is 3.30. The number of hydrazine groups is 1. The number of rotatable bonds is 3. The van der Waals surface area contributed by atoms with Crippen LogP contribution in [0, 0.1) is 13.8 Å². The normalized spacial score (nSPS) is 21.9. The van der Waals surface area contributed by atoms with Crippen LogP contribution in [0.4, 0.5) is 5.69 Å². The number of nitrogens with one attached hydrogen (secondary N) is 3. The number of fused-ring (bicyclic) bond motifs is 1. The van der Waals surface area contributed by atoms with Crippen molar-refractivity contribution in [2.45, 2.75) is 38.8 Å². The molecule has 1 saturated heterocycles. The van der Waals surface area contributed by atoms with Gasteiger partial charge in [-0.3, -0.25) is 9.48 Å². The Morgan fingerprint density at radius 3 is 2.96 bits per heavy atom. The molecule has 1 fully saturated rings. The van der Waals surface area contributed by atoms with Gasteiger partial charge in [-0.2, -0.15) is 5.10 Å². The molecule has 0 bridgehead atoms. The van der Waals surface area contributed by atoms with Crippen LogP contribution in [0.3, 0.4) is 0 Å². The Labute approximate surface area is 146 Å². The van der Waals surface area contributed by atoms with E-state index in [-0.39, 0.29) is 18.0 Å². The zero-order chi connectivity index (χ0) is 17.6. The van der Waals surface area contributed by atoms with Crippen LogP contribution in [0.1, 0.15) is 35.0 Å². The van der Waals surface area contributed by atoms with Gasteiger partial charge >= 0.3 is 0 Å². The van der Waals surface area contributed by atoms with E-state index in [1.807, 2.05) is 27.0 Å². The quantitative estimate of drug-likeness (QED) is 0.789. The minimum atomic E-state index is -0.284. The van der Waals surface area contributed by atoms with Gasteiger partial charge in [0.1, 0.15) is 11.8 Å². The van der Waals surface area contributed by atoms with Gasteiger partial charge in [-0.15, -0.1) is 0 Å². The molecule has 25 heavy (non-hydrogen) atoms. The van der Waals surface area contributed by atoms with Crippen LogP contribution in [0.5, 0.6) is 5.75 Å². The van der Waals surface area contributed by atoms with Gasteiger partial charge in [0.2, 0.25) is 5.91 Å². The van der Waals surface area contributed by atoms with E-state index < -0.39 is 0 Å². The first kappa shape index (κ1) is 16.1. The zero-order valence-electron chi connectivity index (χ0n) is 14.7. The van der Waals surface area contributed by atoms with Gasteiger partial charge in [-0.1, -0.05) is 12.1 Å². The van der Waals surface area contributed by atoms with E-state index in [2.05, 4.69) is 33.4 Å². The third-order valence-corrected chi connectivity index (χ3v) is 5.09. The van der Waals surface area contributed by atoms with E-state index in [0.717, 1.165) is 35.9 Å². The van der Waals surface area contributed by atoms with Gasteiger partial charge in [0, 0.05) is 19.5 Å². The summed E-state index contributed by atoms with van der Waals surface area (Å²) < 4.78 is 7.34. The summed E-state index contributed by atoms with van der Waals surface area (Å²) in [6.07, 6.45) is 1.65. The lowest BCUT2D eigenvalue weighted by Gasteiger charge is -2.12. The summed E-state index contributed by atoms with van der Waals surface area (Å²) in [6.45, 7) is 4.60. The number of anilines is 1. The predicted molar refractivity (Wildman–Crippen MR) is 94.4 cm³/mol. The van der Waals surface area contributed by atoms with Crippen LogP contribution in [-0.2, 0) is 18.3 Å². The maximum absolute atomic E-state index is 12.6. The first-order chi connectivity index (χ1) is 12.0. The van der Waals surface area contributed by atoms with E-state index in [9.17, 15) is 4.79 Å². The molecule has 2 aromatic rings. The second-order valence-electron chi connectivity index (χ2n) is 6.75. The van der Waals surface area contributed by atoms with E-state index in [0.29, 0.717) is 6.42 Å². The molecule has 0 aliphatic carbocycles. The Bertz CT molecular complexity index is 829. The lowest BCUT2D eigenvalue weighted by atomic mass is 9.99. The molecule has 2 atom stereocenters. The summed E-state index contributed by atoms with van der Waals surface area (Å²) in [4.78, 5) is 12.6. The van der Waals surface area contributed by atoms with E-state index in [4.69, 9.17) is 4.74 Å². The Morgan fingerprint density at radius 2 is 2.20 bits per heavy atom. The summed E-state index contributed by atoms with van der Waals surface area (Å²) >= 11 is 0. The highest BCUT2D eigenvalue weighted by molar-refractivity contribution is 5.96. The van der Waals surface area contributed by atoms with Crippen LogP contribution >= 0.6 is 0 Å². The van der Waals surface area contributed by atoms with Gasteiger partial charge in [0.05, 0.1) is 23.7 Å². The Balaban J connectivity index is 1.44.